The highest BCUT2D eigenvalue weighted by atomic mass is 16.5. The van der Waals surface area contributed by atoms with E-state index < -0.39 is 18.0 Å². The Labute approximate surface area is 130 Å². The highest BCUT2D eigenvalue weighted by molar-refractivity contribution is 5.82. The molecule has 1 aliphatic heterocycles. The summed E-state index contributed by atoms with van der Waals surface area (Å²) in [5.41, 5.74) is 1.13. The van der Waals surface area contributed by atoms with Gasteiger partial charge in [-0.25, -0.2) is 0 Å². The number of carbonyl (C=O) groups excluding carboxylic acids is 1. The normalized spacial score (nSPS) is 19.5. The van der Waals surface area contributed by atoms with Gasteiger partial charge in [-0.15, -0.1) is 0 Å². The second kappa shape index (κ2) is 7.29. The third-order valence-corrected chi connectivity index (χ3v) is 4.03. The number of carbonyl (C=O) groups is 2. The van der Waals surface area contributed by atoms with E-state index in [0.29, 0.717) is 25.1 Å². The lowest BCUT2D eigenvalue weighted by Crippen LogP contribution is -2.48. The highest BCUT2D eigenvalue weighted by Gasteiger charge is 2.32. The molecule has 2 atom stereocenters. The zero-order valence-corrected chi connectivity index (χ0v) is 13.1. The maximum atomic E-state index is 12.6. The molecule has 0 aliphatic carbocycles. The van der Waals surface area contributed by atoms with Crippen LogP contribution in [0.3, 0.4) is 0 Å². The second-order valence-corrected chi connectivity index (χ2v) is 5.79. The van der Waals surface area contributed by atoms with Gasteiger partial charge >= 0.3 is 5.97 Å². The van der Waals surface area contributed by atoms with Gasteiger partial charge in [-0.2, -0.15) is 0 Å². The smallest absolute Gasteiger partial charge is 0.308 e. The number of amides is 1. The van der Waals surface area contributed by atoms with Crippen LogP contribution >= 0.6 is 0 Å². The molecule has 5 nitrogen and oxygen atoms in total. The van der Waals surface area contributed by atoms with Crippen molar-refractivity contribution in [3.8, 4) is 5.75 Å². The van der Waals surface area contributed by atoms with Crippen molar-refractivity contribution < 1.29 is 19.4 Å². The molecule has 0 saturated carbocycles. The van der Waals surface area contributed by atoms with Gasteiger partial charge in [0, 0.05) is 13.1 Å². The number of piperidine rings is 1. The number of nitrogens with zero attached hydrogens (tertiary/aromatic N) is 1. The van der Waals surface area contributed by atoms with Crippen molar-refractivity contribution in [2.45, 2.75) is 39.2 Å². The molecule has 5 heteroatoms. The molecule has 120 valence electrons. The minimum absolute atomic E-state index is 0.117. The van der Waals surface area contributed by atoms with Crippen LogP contribution in [-0.4, -0.2) is 41.1 Å². The van der Waals surface area contributed by atoms with Crippen molar-refractivity contribution in [2.24, 2.45) is 5.92 Å². The lowest BCUT2D eigenvalue weighted by molar-refractivity contribution is -0.148. The fourth-order valence-corrected chi connectivity index (χ4v) is 2.67. The quantitative estimate of drug-likeness (QED) is 0.907. The van der Waals surface area contributed by atoms with Crippen molar-refractivity contribution >= 4 is 11.9 Å². The van der Waals surface area contributed by atoms with Crippen LogP contribution in [0, 0.1) is 12.8 Å². The van der Waals surface area contributed by atoms with Gasteiger partial charge in [0.25, 0.3) is 5.91 Å². The fourth-order valence-electron chi connectivity index (χ4n) is 2.67. The molecule has 1 amide bonds. The number of carboxylic acids is 1. The standard InChI is InChI=1S/C17H23NO4/c1-3-15(22-14-8-6-12(2)7-9-14)16(19)18-10-4-5-13(11-18)17(20)21/h6-9,13,15H,3-5,10-11H2,1-2H3,(H,20,21). The molecule has 22 heavy (non-hydrogen) atoms. The van der Waals surface area contributed by atoms with Gasteiger partial charge < -0.3 is 14.7 Å². The molecule has 0 radical (unpaired) electrons. The number of likely N-dealkylation sites (tertiary alicyclic amines) is 1. The van der Waals surface area contributed by atoms with Crippen LogP contribution in [0.5, 0.6) is 5.75 Å². The summed E-state index contributed by atoms with van der Waals surface area (Å²) < 4.78 is 5.79. The van der Waals surface area contributed by atoms with Crippen LogP contribution in [-0.2, 0) is 9.59 Å². The molecule has 1 saturated heterocycles. The summed E-state index contributed by atoms with van der Waals surface area (Å²) >= 11 is 0. The number of benzene rings is 1. The Morgan fingerprint density at radius 2 is 2.05 bits per heavy atom. The monoisotopic (exact) mass is 305 g/mol. The topological polar surface area (TPSA) is 66.8 Å². The van der Waals surface area contributed by atoms with Crippen LogP contribution in [0.4, 0.5) is 0 Å². The summed E-state index contributed by atoms with van der Waals surface area (Å²) in [5, 5.41) is 9.13. The first-order chi connectivity index (χ1) is 10.5. The average Bonchev–Trinajstić information content (AvgIpc) is 2.53. The van der Waals surface area contributed by atoms with Gasteiger partial charge in [0.1, 0.15) is 5.75 Å². The van der Waals surface area contributed by atoms with Gasteiger partial charge in [-0.3, -0.25) is 9.59 Å². The Morgan fingerprint density at radius 1 is 1.36 bits per heavy atom. The van der Waals surface area contributed by atoms with E-state index in [1.807, 2.05) is 38.1 Å². The molecule has 2 rings (SSSR count). The number of hydrogen-bond donors (Lipinski definition) is 1. The summed E-state index contributed by atoms with van der Waals surface area (Å²) in [6, 6.07) is 7.57. The summed E-state index contributed by atoms with van der Waals surface area (Å²) in [4.78, 5) is 25.3. The first kappa shape index (κ1) is 16.3. The lowest BCUT2D eigenvalue weighted by Gasteiger charge is -2.33. The molecule has 1 aliphatic rings. The van der Waals surface area contributed by atoms with Crippen molar-refractivity contribution in [1.82, 2.24) is 4.90 Å². The molecule has 1 N–H and O–H groups in total. The number of ether oxygens (including phenoxy) is 1. The van der Waals surface area contributed by atoms with E-state index in [1.54, 1.807) is 4.90 Å². The van der Waals surface area contributed by atoms with Crippen LogP contribution in [0.1, 0.15) is 31.7 Å². The number of aliphatic carboxylic acids is 1. The van der Waals surface area contributed by atoms with Gasteiger partial charge in [0.2, 0.25) is 0 Å². The molecule has 0 bridgehead atoms. The Hall–Kier alpha value is -2.04. The minimum Gasteiger partial charge on any atom is -0.481 e. The maximum absolute atomic E-state index is 12.6. The van der Waals surface area contributed by atoms with Crippen molar-refractivity contribution in [1.29, 1.82) is 0 Å². The highest BCUT2D eigenvalue weighted by Crippen LogP contribution is 2.20. The molecular formula is C17H23NO4. The van der Waals surface area contributed by atoms with E-state index >= 15 is 0 Å². The first-order valence-electron chi connectivity index (χ1n) is 7.76. The summed E-state index contributed by atoms with van der Waals surface area (Å²) in [6.07, 6.45) is 1.36. The second-order valence-electron chi connectivity index (χ2n) is 5.79. The number of carboxylic acid groups (broad SMARTS) is 1. The third-order valence-electron chi connectivity index (χ3n) is 4.03. The zero-order valence-electron chi connectivity index (χ0n) is 13.1. The minimum atomic E-state index is -0.829. The van der Waals surface area contributed by atoms with Crippen LogP contribution < -0.4 is 4.74 Å². The SMILES string of the molecule is CCC(Oc1ccc(C)cc1)C(=O)N1CCCC(C(=O)O)C1. The zero-order chi connectivity index (χ0) is 16.1. The van der Waals surface area contributed by atoms with Crippen molar-refractivity contribution in [3.63, 3.8) is 0 Å². The lowest BCUT2D eigenvalue weighted by atomic mass is 9.97. The fraction of sp³-hybridized carbons (Fsp3) is 0.529. The summed E-state index contributed by atoms with van der Waals surface area (Å²) in [6.45, 7) is 4.78. The van der Waals surface area contributed by atoms with Crippen molar-refractivity contribution in [2.75, 3.05) is 13.1 Å². The predicted molar refractivity (Wildman–Crippen MR) is 82.8 cm³/mol. The Balaban J connectivity index is 2.01. The van der Waals surface area contributed by atoms with E-state index in [4.69, 9.17) is 9.84 Å². The van der Waals surface area contributed by atoms with E-state index in [9.17, 15) is 9.59 Å². The number of hydrogen-bond acceptors (Lipinski definition) is 3. The maximum Gasteiger partial charge on any atom is 0.308 e. The van der Waals surface area contributed by atoms with E-state index in [0.717, 1.165) is 12.0 Å². The Bertz CT molecular complexity index is 526. The Morgan fingerprint density at radius 3 is 2.64 bits per heavy atom. The van der Waals surface area contributed by atoms with E-state index in [2.05, 4.69) is 0 Å². The first-order valence-corrected chi connectivity index (χ1v) is 7.76. The molecular weight excluding hydrogens is 282 g/mol. The Kier molecular flexibility index (Phi) is 5.41. The average molecular weight is 305 g/mol. The van der Waals surface area contributed by atoms with E-state index in [1.165, 1.54) is 0 Å². The van der Waals surface area contributed by atoms with Crippen LogP contribution in [0.15, 0.2) is 24.3 Å². The molecule has 1 heterocycles. The molecule has 1 aromatic rings. The van der Waals surface area contributed by atoms with Gasteiger partial charge in [-0.05, 0) is 38.3 Å². The molecule has 0 spiro atoms. The van der Waals surface area contributed by atoms with Crippen molar-refractivity contribution in [3.05, 3.63) is 29.8 Å². The van der Waals surface area contributed by atoms with Gasteiger partial charge in [0.05, 0.1) is 5.92 Å². The molecule has 2 unspecified atom stereocenters. The third kappa shape index (κ3) is 4.00. The van der Waals surface area contributed by atoms with Gasteiger partial charge in [0.15, 0.2) is 6.10 Å². The largest absolute Gasteiger partial charge is 0.481 e. The molecule has 0 aromatic heterocycles. The summed E-state index contributed by atoms with van der Waals surface area (Å²) in [7, 11) is 0. The summed E-state index contributed by atoms with van der Waals surface area (Å²) in [5.74, 6) is -0.744. The predicted octanol–water partition coefficient (Wildman–Crippen LogP) is 2.48. The molecule has 1 fully saturated rings. The number of aryl methyl sites for hydroxylation is 1. The number of rotatable bonds is 5. The van der Waals surface area contributed by atoms with E-state index in [-0.39, 0.29) is 12.5 Å². The van der Waals surface area contributed by atoms with Crippen LogP contribution in [0.25, 0.3) is 0 Å². The van der Waals surface area contributed by atoms with Crippen LogP contribution in [0.2, 0.25) is 0 Å². The molecule has 1 aromatic carbocycles. The van der Waals surface area contributed by atoms with Gasteiger partial charge in [-0.1, -0.05) is 24.6 Å².